The molecular weight excluding hydrogens is 1900 g/mol. The van der Waals surface area contributed by atoms with Crippen LogP contribution < -0.4 is 79.1 Å². The van der Waals surface area contributed by atoms with E-state index in [0.717, 1.165) is 22.3 Å². The van der Waals surface area contributed by atoms with Crippen LogP contribution in [0.3, 0.4) is 0 Å². The molecule has 0 fully saturated rings. The molecule has 10 aromatic heterocycles. The first-order valence-corrected chi connectivity index (χ1v) is 49.2. The molecule has 0 radical (unpaired) electrons. The molecule has 706 valence electrons. The molecule has 0 amide bonds. The van der Waals surface area contributed by atoms with E-state index in [0.29, 0.717) is 87.8 Å². The number of rotatable bonds is 25. The van der Waals surface area contributed by atoms with Gasteiger partial charge in [-0.3, -0.25) is 71.5 Å². The van der Waals surface area contributed by atoms with Gasteiger partial charge >= 0.3 is 38.0 Å². The van der Waals surface area contributed by atoms with Crippen molar-refractivity contribution in [3.05, 3.63) is 236 Å². The van der Waals surface area contributed by atoms with Gasteiger partial charge in [0.15, 0.2) is 105 Å². The monoisotopic (exact) mass is 1980 g/mol. The predicted molar refractivity (Wildman–Crippen MR) is 480 cm³/mol. The van der Waals surface area contributed by atoms with Gasteiger partial charge in [0.1, 0.15) is 17.2 Å². The fourth-order valence-corrected chi connectivity index (χ4v) is 20.5. The number of nitrogens with one attached hydrogen (secondary N) is 5. The number of imidazole rings is 5. The number of fused-ring (bicyclic) bond motifs is 10. The summed E-state index contributed by atoms with van der Waals surface area (Å²) >= 11 is 6.08. The number of anilines is 5. The SMILES string of the molecule is Cc1ccc2c(c1)COP(=O)(COCCn1cnc3c(=O)[nH]c(N)nc31)O2.Nc1nc2c(ncn2CCOCP2(=O)OCc3cccc(Cl)c3O2)c(=O)[nH]1.Nc1nc2c(ncn2CCOCP2(=O)OCc3cccc(F)c3O2)c(=O)[nH]1.Nc1nc2c(ncn2CCOCP2(=O)OCc3ccccc3O2)c(=O)[nH]1.[C-]#[N+]c1cccc2c1OP(=O)(COCCn1cnc3c(=O)[nH]c(N)nc31)OC2. The number of hydrogen-bond acceptors (Lipinski definition) is 40. The number of nitrogen functional groups attached to an aromatic ring is 5. The number of benzene rings is 5. The molecule has 5 unspecified atom stereocenters. The lowest BCUT2D eigenvalue weighted by molar-refractivity contribution is 0.131. The van der Waals surface area contributed by atoms with Crippen LogP contribution in [0.2, 0.25) is 5.02 Å². The Balaban J connectivity index is 0.000000123. The zero-order chi connectivity index (χ0) is 94.9. The van der Waals surface area contributed by atoms with E-state index >= 15 is 0 Å². The molecule has 5 aliphatic rings. The van der Waals surface area contributed by atoms with Gasteiger partial charge in [-0.15, -0.1) is 0 Å². The van der Waals surface area contributed by atoms with Gasteiger partial charge in [-0.25, -0.2) is 57.0 Å². The maximum atomic E-state index is 13.8. The second kappa shape index (κ2) is 40.6. The summed E-state index contributed by atoms with van der Waals surface area (Å²) in [4.78, 5) is 114. The topological polar surface area (TPSA) is 676 Å². The van der Waals surface area contributed by atoms with Crippen molar-refractivity contribution in [2.24, 2.45) is 0 Å². The number of aromatic nitrogens is 20. The molecule has 15 heterocycles. The van der Waals surface area contributed by atoms with Crippen LogP contribution in [0.25, 0.3) is 60.7 Å². The highest BCUT2D eigenvalue weighted by molar-refractivity contribution is 7.55. The van der Waals surface area contributed by atoms with Crippen molar-refractivity contribution in [2.75, 3.05) is 93.4 Å². The van der Waals surface area contributed by atoms with Gasteiger partial charge in [0.25, 0.3) is 27.8 Å². The average Bonchev–Trinajstić information content (AvgIpc) is 1.79. The first kappa shape index (κ1) is 94.5. The fraction of sp³-hybridized carbons (Fsp3) is 0.273. The summed E-state index contributed by atoms with van der Waals surface area (Å²) < 4.78 is 166. The third-order valence-electron chi connectivity index (χ3n) is 19.8. The lowest BCUT2D eigenvalue weighted by atomic mass is 10.1. The van der Waals surface area contributed by atoms with E-state index in [2.05, 4.69) is 79.6 Å². The summed E-state index contributed by atoms with van der Waals surface area (Å²) in [7, 11) is -17.3. The Morgan fingerprint density at radius 2 is 0.681 bits per heavy atom. The van der Waals surface area contributed by atoms with Gasteiger partial charge in [-0.2, -0.15) is 24.9 Å². The second-order valence-corrected chi connectivity index (χ2v) is 39.4. The van der Waals surface area contributed by atoms with E-state index < -0.39 is 71.6 Å². The first-order chi connectivity index (χ1) is 64.9. The van der Waals surface area contributed by atoms with Crippen molar-refractivity contribution in [3.63, 3.8) is 0 Å². The summed E-state index contributed by atoms with van der Waals surface area (Å²) in [6, 6.07) is 27.5. The van der Waals surface area contributed by atoms with Crippen LogP contribution in [0.1, 0.15) is 33.4 Å². The summed E-state index contributed by atoms with van der Waals surface area (Å²) in [6.07, 6.45) is 6.08. The number of ether oxygens (including phenoxy) is 5. The second-order valence-electron chi connectivity index (χ2n) is 29.4. The molecule has 0 aliphatic carbocycles. The van der Waals surface area contributed by atoms with E-state index in [1.807, 2.05) is 31.2 Å². The Labute approximate surface area is 761 Å². The Hall–Kier alpha value is -13.7. The van der Waals surface area contributed by atoms with Gasteiger partial charge in [-0.1, -0.05) is 90.0 Å². The van der Waals surface area contributed by atoms with Crippen LogP contribution in [0.4, 0.5) is 39.8 Å². The van der Waals surface area contributed by atoms with Crippen molar-refractivity contribution < 1.29 is 96.1 Å². The van der Waals surface area contributed by atoms with E-state index in [1.54, 1.807) is 83.5 Å². The molecule has 58 heteroatoms. The normalized spacial score (nSPS) is 18.9. The number of aromatic amines is 5. The van der Waals surface area contributed by atoms with Crippen LogP contribution >= 0.6 is 49.6 Å². The molecule has 15 aromatic rings. The smallest absolute Gasteiger partial charge is 0.405 e. The minimum absolute atomic E-state index is 0.000782. The Morgan fingerprint density at radius 1 is 0.385 bits per heavy atom. The number of H-pyrrole nitrogens is 5. The number of hydrogen-bond donors (Lipinski definition) is 10. The quantitative estimate of drug-likeness (QED) is 0.0145. The predicted octanol–water partition coefficient (Wildman–Crippen LogP) is 9.04. The average molecular weight is 1980 g/mol. The third-order valence-corrected chi connectivity index (χ3v) is 27.6. The van der Waals surface area contributed by atoms with Crippen LogP contribution in [0.5, 0.6) is 28.7 Å². The van der Waals surface area contributed by atoms with Gasteiger partial charge in [0, 0.05) is 60.5 Å². The van der Waals surface area contributed by atoms with E-state index in [9.17, 15) is 51.2 Å². The minimum atomic E-state index is -3.62. The van der Waals surface area contributed by atoms with Crippen LogP contribution in [0, 0.1) is 19.3 Å². The Kier molecular flexibility index (Phi) is 28.4. The zero-order valence-corrected chi connectivity index (χ0v) is 75.7. The minimum Gasteiger partial charge on any atom is -0.434 e. The van der Waals surface area contributed by atoms with Crippen molar-refractivity contribution in [3.8, 4) is 28.7 Å². The molecule has 135 heavy (non-hydrogen) atoms. The molecule has 51 nitrogen and oxygen atoms in total. The van der Waals surface area contributed by atoms with Gasteiger partial charge < -0.3 is 97.8 Å². The first-order valence-electron chi connectivity index (χ1n) is 40.2. The van der Waals surface area contributed by atoms with Crippen LogP contribution in [-0.4, -0.2) is 162 Å². The highest BCUT2D eigenvalue weighted by Crippen LogP contribution is 2.59. The maximum absolute atomic E-state index is 13.8. The van der Waals surface area contributed by atoms with Gasteiger partial charge in [0.2, 0.25) is 35.4 Å². The lowest BCUT2D eigenvalue weighted by Gasteiger charge is -2.26. The number of aryl methyl sites for hydroxylation is 1. The molecule has 0 saturated carbocycles. The van der Waals surface area contributed by atoms with E-state index in [-0.39, 0.29) is 179 Å². The lowest BCUT2D eigenvalue weighted by Crippen LogP contribution is -2.15. The standard InChI is InChI=1S/C16H15N6O5P.C16H18N5O5P.C15H15ClN5O5P.C15H15FN5O5P.C15H16N5O5P/c1-18-11-4-2-3-10-7-26-28(24,27-13(10)11)9-25-6-5-22-8-19-12-14(22)20-16(17)21-15(12)23;1-10-2-3-12-11(6-10)7-25-27(23,26-12)9-24-5-4-21-8-18-13-14(21)19-16(17)20-15(13)22;2*16-10-3-1-2-9-6-25-27(23,26-12(9)10)8-24-5-4-21-7-18-11-13(21)19-15(17)20-14(11)22;16-15-18-13-12(14(21)19-15)17-8-20(13)5-6-23-9-26(22)24-7-10-3-1-2-4-11(10)25-26/h2-4,8H,5-7,9H2,(H3,17,20,21,23);2-3,6,8H,4-5,7,9H2,1H3,(H3,17,19,20,22);2*1-3,7H,4-6,8H2,(H3,17,19,20,22);1-4,8H,5-7,9H2,(H3,16,18,19,21). The van der Waals surface area contributed by atoms with Gasteiger partial charge in [0.05, 0.1) is 109 Å². The molecule has 5 atom stereocenters. The summed E-state index contributed by atoms with van der Waals surface area (Å²) in [5.74, 6) is 1.04. The molecule has 20 rings (SSSR count). The van der Waals surface area contributed by atoms with E-state index in [1.165, 1.54) is 43.8 Å². The van der Waals surface area contributed by atoms with Gasteiger partial charge in [-0.05, 0) is 31.2 Å². The van der Waals surface area contributed by atoms with Crippen LogP contribution in [0.15, 0.2) is 153 Å². The molecule has 0 saturated heterocycles. The highest BCUT2D eigenvalue weighted by atomic mass is 35.5. The van der Waals surface area contributed by atoms with Crippen molar-refractivity contribution in [1.29, 1.82) is 0 Å². The van der Waals surface area contributed by atoms with Crippen molar-refractivity contribution in [2.45, 2.75) is 72.7 Å². The zero-order valence-electron chi connectivity index (χ0n) is 70.5. The highest BCUT2D eigenvalue weighted by Gasteiger charge is 2.39. The molecule has 0 spiro atoms. The summed E-state index contributed by atoms with van der Waals surface area (Å²) in [5.41, 5.74) is 33.2. The largest absolute Gasteiger partial charge is 0.434 e. The number of nitrogens with two attached hydrogens (primary N) is 5. The molecule has 15 N–H and O–H groups in total. The van der Waals surface area contributed by atoms with Crippen LogP contribution in [-0.2, 0) is 135 Å². The molecule has 0 bridgehead atoms. The van der Waals surface area contributed by atoms with Crippen molar-refractivity contribution >= 4 is 141 Å². The fourth-order valence-electron chi connectivity index (χ4n) is 13.4. The number of nitrogens with zero attached hydrogens (tertiary/aromatic N) is 16. The summed E-state index contributed by atoms with van der Waals surface area (Å²) in [5, 5.41) is 0.370. The molecule has 5 aliphatic heterocycles. The molecular formula is C77H79ClFN26O25P5. The number of para-hydroxylation sites is 4. The van der Waals surface area contributed by atoms with Crippen molar-refractivity contribution in [1.82, 2.24) is 97.6 Å². The Bertz CT molecular complexity index is 7470. The Morgan fingerprint density at radius 3 is 1.06 bits per heavy atom. The summed E-state index contributed by atoms with van der Waals surface area (Å²) in [6.45, 7) is 12.2. The molecule has 5 aromatic carbocycles. The van der Waals surface area contributed by atoms with E-state index in [4.69, 9.17) is 116 Å². The third kappa shape index (κ3) is 22.4. The maximum Gasteiger partial charge on any atom is 0.405 e. The number of halogens is 2.